The Hall–Kier alpha value is -1.62. The fraction of sp³-hybridized carbons (Fsp3) is 0.533. The first-order valence-electron chi connectivity index (χ1n) is 6.83. The normalized spacial score (nSPS) is 13.7. The van der Waals surface area contributed by atoms with Crippen molar-refractivity contribution in [2.45, 2.75) is 45.8 Å². The van der Waals surface area contributed by atoms with Crippen molar-refractivity contribution < 1.29 is 19.0 Å². The number of nitrogens with one attached hydrogen (secondary N) is 1. The lowest BCUT2D eigenvalue weighted by molar-refractivity contribution is -0.123. The Morgan fingerprint density at radius 1 is 1.45 bits per heavy atom. The summed E-state index contributed by atoms with van der Waals surface area (Å²) in [7, 11) is 0. The van der Waals surface area contributed by atoms with E-state index in [-0.39, 0.29) is 24.3 Å². The molecule has 0 aromatic heterocycles. The van der Waals surface area contributed by atoms with Crippen LogP contribution in [0.5, 0.6) is 5.75 Å². The number of aliphatic hydroxyl groups excluding tert-OH is 1. The topological polar surface area (TPSA) is 58.6 Å². The van der Waals surface area contributed by atoms with Crippen LogP contribution in [0.2, 0.25) is 0 Å². The number of carbonyl (C=O) groups is 1. The smallest absolute Gasteiger partial charge is 0.258 e. The maximum Gasteiger partial charge on any atom is 0.258 e. The number of rotatable bonds is 7. The zero-order chi connectivity index (χ0) is 15.1. The standard InChI is InChI=1S/C15H22FNO3/c1-4-5-10(2)17-15(19)9-20-14-8-12(16)6-7-13(14)11(3)18/h6-8,10-11,18H,4-5,9H2,1-3H3,(H,17,19). The highest BCUT2D eigenvalue weighted by Gasteiger charge is 2.13. The Morgan fingerprint density at radius 2 is 2.15 bits per heavy atom. The Balaban J connectivity index is 2.61. The Morgan fingerprint density at radius 3 is 2.75 bits per heavy atom. The van der Waals surface area contributed by atoms with Gasteiger partial charge in [-0.15, -0.1) is 0 Å². The van der Waals surface area contributed by atoms with Crippen molar-refractivity contribution in [1.29, 1.82) is 0 Å². The molecule has 0 spiro atoms. The van der Waals surface area contributed by atoms with Gasteiger partial charge in [-0.25, -0.2) is 4.39 Å². The van der Waals surface area contributed by atoms with Gasteiger partial charge in [0.15, 0.2) is 6.61 Å². The molecule has 0 fully saturated rings. The van der Waals surface area contributed by atoms with Gasteiger partial charge in [-0.2, -0.15) is 0 Å². The molecule has 2 N–H and O–H groups in total. The lowest BCUT2D eigenvalue weighted by atomic mass is 10.1. The Bertz CT molecular complexity index is 449. The minimum atomic E-state index is -0.785. The predicted octanol–water partition coefficient (Wildman–Crippen LogP) is 2.56. The predicted molar refractivity (Wildman–Crippen MR) is 75.0 cm³/mol. The number of carbonyl (C=O) groups excluding carboxylic acids is 1. The fourth-order valence-electron chi connectivity index (χ4n) is 1.94. The largest absolute Gasteiger partial charge is 0.483 e. The van der Waals surface area contributed by atoms with E-state index in [0.717, 1.165) is 12.8 Å². The van der Waals surface area contributed by atoms with Crippen LogP contribution >= 0.6 is 0 Å². The van der Waals surface area contributed by atoms with Crippen LogP contribution in [0.4, 0.5) is 4.39 Å². The van der Waals surface area contributed by atoms with Gasteiger partial charge in [-0.05, 0) is 32.4 Å². The number of aliphatic hydroxyl groups is 1. The van der Waals surface area contributed by atoms with E-state index in [1.54, 1.807) is 6.92 Å². The van der Waals surface area contributed by atoms with Crippen LogP contribution in [0.1, 0.15) is 45.3 Å². The number of benzene rings is 1. The third-order valence-corrected chi connectivity index (χ3v) is 2.91. The van der Waals surface area contributed by atoms with E-state index < -0.39 is 11.9 Å². The first kappa shape index (κ1) is 16.4. The van der Waals surface area contributed by atoms with Gasteiger partial charge in [-0.1, -0.05) is 13.3 Å². The highest BCUT2D eigenvalue weighted by atomic mass is 19.1. The number of hydrogen-bond donors (Lipinski definition) is 2. The minimum absolute atomic E-state index is 0.0832. The molecule has 1 aromatic carbocycles. The van der Waals surface area contributed by atoms with Crippen molar-refractivity contribution >= 4 is 5.91 Å². The average Bonchev–Trinajstić information content (AvgIpc) is 2.36. The van der Waals surface area contributed by atoms with Crippen LogP contribution in [0.15, 0.2) is 18.2 Å². The van der Waals surface area contributed by atoms with Gasteiger partial charge >= 0.3 is 0 Å². The van der Waals surface area contributed by atoms with E-state index in [9.17, 15) is 14.3 Å². The number of amides is 1. The quantitative estimate of drug-likeness (QED) is 0.808. The van der Waals surface area contributed by atoms with Crippen molar-refractivity contribution in [3.63, 3.8) is 0 Å². The summed E-state index contributed by atoms with van der Waals surface area (Å²) >= 11 is 0. The van der Waals surface area contributed by atoms with Crippen LogP contribution in [0, 0.1) is 5.82 Å². The summed E-state index contributed by atoms with van der Waals surface area (Å²) in [6.07, 6.45) is 1.09. The summed E-state index contributed by atoms with van der Waals surface area (Å²) in [6, 6.07) is 3.95. The SMILES string of the molecule is CCCC(C)NC(=O)COc1cc(F)ccc1C(C)O. The van der Waals surface area contributed by atoms with Crippen molar-refractivity contribution in [3.05, 3.63) is 29.6 Å². The second-order valence-electron chi connectivity index (χ2n) is 4.90. The Kier molecular flexibility index (Phi) is 6.45. The molecule has 1 amide bonds. The molecule has 2 unspecified atom stereocenters. The maximum atomic E-state index is 13.2. The number of halogens is 1. The van der Waals surface area contributed by atoms with Crippen LogP contribution in [-0.2, 0) is 4.79 Å². The molecule has 0 heterocycles. The van der Waals surface area contributed by atoms with Crippen LogP contribution in [0.3, 0.4) is 0 Å². The monoisotopic (exact) mass is 283 g/mol. The molecule has 112 valence electrons. The van der Waals surface area contributed by atoms with E-state index in [1.165, 1.54) is 18.2 Å². The molecule has 1 aromatic rings. The molecule has 0 aliphatic carbocycles. The van der Waals surface area contributed by atoms with Gasteiger partial charge in [0.05, 0.1) is 6.10 Å². The van der Waals surface area contributed by atoms with Gasteiger partial charge in [-0.3, -0.25) is 4.79 Å². The van der Waals surface area contributed by atoms with E-state index in [4.69, 9.17) is 4.74 Å². The van der Waals surface area contributed by atoms with Crippen molar-refractivity contribution in [2.75, 3.05) is 6.61 Å². The van der Waals surface area contributed by atoms with E-state index >= 15 is 0 Å². The molecular weight excluding hydrogens is 261 g/mol. The highest BCUT2D eigenvalue weighted by molar-refractivity contribution is 5.77. The molecule has 2 atom stereocenters. The zero-order valence-electron chi connectivity index (χ0n) is 12.1. The van der Waals surface area contributed by atoms with E-state index in [1.807, 2.05) is 13.8 Å². The minimum Gasteiger partial charge on any atom is -0.483 e. The molecule has 5 heteroatoms. The average molecular weight is 283 g/mol. The molecule has 0 aliphatic heterocycles. The summed E-state index contributed by atoms with van der Waals surface area (Å²) in [5.41, 5.74) is 0.459. The van der Waals surface area contributed by atoms with Gasteiger partial charge in [0.25, 0.3) is 5.91 Å². The molecule has 20 heavy (non-hydrogen) atoms. The van der Waals surface area contributed by atoms with Gasteiger partial charge in [0.1, 0.15) is 11.6 Å². The third kappa shape index (κ3) is 5.17. The Labute approximate surface area is 119 Å². The van der Waals surface area contributed by atoms with Gasteiger partial charge in [0.2, 0.25) is 0 Å². The lowest BCUT2D eigenvalue weighted by Gasteiger charge is -2.15. The zero-order valence-corrected chi connectivity index (χ0v) is 12.1. The molecule has 0 aliphatic rings. The van der Waals surface area contributed by atoms with E-state index in [2.05, 4.69) is 5.32 Å². The molecule has 0 saturated carbocycles. The number of ether oxygens (including phenoxy) is 1. The van der Waals surface area contributed by atoms with Crippen LogP contribution < -0.4 is 10.1 Å². The first-order valence-corrected chi connectivity index (χ1v) is 6.83. The summed E-state index contributed by atoms with van der Waals surface area (Å²) in [5, 5.41) is 12.4. The molecule has 1 rings (SSSR count). The second kappa shape index (κ2) is 7.85. The molecule has 0 saturated heterocycles. The molecule has 0 bridgehead atoms. The fourth-order valence-corrected chi connectivity index (χ4v) is 1.94. The third-order valence-electron chi connectivity index (χ3n) is 2.91. The molecular formula is C15H22FNO3. The summed E-state index contributed by atoms with van der Waals surface area (Å²) in [5.74, 6) is -0.533. The maximum absolute atomic E-state index is 13.2. The summed E-state index contributed by atoms with van der Waals surface area (Å²) < 4.78 is 18.5. The second-order valence-corrected chi connectivity index (χ2v) is 4.90. The first-order chi connectivity index (χ1) is 9.43. The molecule has 4 nitrogen and oxygen atoms in total. The van der Waals surface area contributed by atoms with Crippen LogP contribution in [0.25, 0.3) is 0 Å². The van der Waals surface area contributed by atoms with Crippen molar-refractivity contribution in [2.24, 2.45) is 0 Å². The van der Waals surface area contributed by atoms with Gasteiger partial charge < -0.3 is 15.2 Å². The number of hydrogen-bond acceptors (Lipinski definition) is 3. The van der Waals surface area contributed by atoms with Gasteiger partial charge in [0, 0.05) is 17.7 Å². The van der Waals surface area contributed by atoms with Crippen molar-refractivity contribution in [3.8, 4) is 5.75 Å². The lowest BCUT2D eigenvalue weighted by Crippen LogP contribution is -2.36. The van der Waals surface area contributed by atoms with Crippen molar-refractivity contribution in [1.82, 2.24) is 5.32 Å². The summed E-state index contributed by atoms with van der Waals surface area (Å²) in [4.78, 5) is 11.7. The summed E-state index contributed by atoms with van der Waals surface area (Å²) in [6.45, 7) is 5.33. The molecule has 0 radical (unpaired) electrons. The van der Waals surface area contributed by atoms with E-state index in [0.29, 0.717) is 5.56 Å². The highest BCUT2D eigenvalue weighted by Crippen LogP contribution is 2.25. The van der Waals surface area contributed by atoms with Crippen LogP contribution in [-0.4, -0.2) is 23.7 Å².